The lowest BCUT2D eigenvalue weighted by atomic mass is 9.88. The van der Waals surface area contributed by atoms with Crippen molar-refractivity contribution in [2.24, 2.45) is 11.7 Å². The summed E-state index contributed by atoms with van der Waals surface area (Å²) in [6.07, 6.45) is 5.20. The zero-order valence-corrected chi connectivity index (χ0v) is 13.1. The first-order valence-electron chi connectivity index (χ1n) is 8.23. The molecule has 0 radical (unpaired) electrons. The fourth-order valence-electron chi connectivity index (χ4n) is 3.40. The molecule has 112 valence electrons. The Bertz CT molecular complexity index is 376. The van der Waals surface area contributed by atoms with E-state index in [0.717, 1.165) is 12.5 Å². The van der Waals surface area contributed by atoms with Crippen LogP contribution in [0, 0.1) is 5.92 Å². The van der Waals surface area contributed by atoms with Crippen LogP contribution < -0.4 is 5.73 Å². The third-order valence-corrected chi connectivity index (χ3v) is 5.01. The van der Waals surface area contributed by atoms with Crippen LogP contribution >= 0.6 is 0 Å². The lowest BCUT2D eigenvalue weighted by Crippen LogP contribution is -2.47. The van der Waals surface area contributed by atoms with Gasteiger partial charge in [0.15, 0.2) is 0 Å². The Morgan fingerprint density at radius 3 is 2.70 bits per heavy atom. The first-order valence-corrected chi connectivity index (χ1v) is 8.23. The van der Waals surface area contributed by atoms with Gasteiger partial charge in [0.2, 0.25) is 0 Å². The minimum absolute atomic E-state index is 0.608. The van der Waals surface area contributed by atoms with Crippen molar-refractivity contribution >= 4 is 0 Å². The summed E-state index contributed by atoms with van der Waals surface area (Å²) >= 11 is 0. The fourth-order valence-corrected chi connectivity index (χ4v) is 3.40. The smallest absolute Gasteiger partial charge is 0.0221 e. The average molecular weight is 274 g/mol. The zero-order valence-electron chi connectivity index (χ0n) is 13.1. The SMILES string of the molecule is CCC1CCN(CCC(C)c2ccccc2)C(CN)C1. The minimum atomic E-state index is 0.608. The highest BCUT2D eigenvalue weighted by Gasteiger charge is 2.26. The standard InChI is InChI=1S/C18H30N2/c1-3-16-10-12-20(18(13-16)14-19)11-9-15(2)17-7-5-4-6-8-17/h4-8,15-16,18H,3,9-14,19H2,1-2H3. The maximum atomic E-state index is 5.99. The summed E-state index contributed by atoms with van der Waals surface area (Å²) in [6, 6.07) is 11.5. The zero-order chi connectivity index (χ0) is 14.4. The van der Waals surface area contributed by atoms with Gasteiger partial charge < -0.3 is 5.73 Å². The molecule has 20 heavy (non-hydrogen) atoms. The number of likely N-dealkylation sites (tertiary alicyclic amines) is 1. The number of benzene rings is 1. The van der Waals surface area contributed by atoms with Crippen molar-refractivity contribution in [3.8, 4) is 0 Å². The van der Waals surface area contributed by atoms with Crippen LogP contribution in [0.5, 0.6) is 0 Å². The van der Waals surface area contributed by atoms with Gasteiger partial charge >= 0.3 is 0 Å². The molecule has 1 aromatic rings. The molecule has 2 N–H and O–H groups in total. The third-order valence-electron chi connectivity index (χ3n) is 5.01. The van der Waals surface area contributed by atoms with Crippen molar-refractivity contribution < 1.29 is 0 Å². The van der Waals surface area contributed by atoms with Crippen molar-refractivity contribution in [3.63, 3.8) is 0 Å². The van der Waals surface area contributed by atoms with Gasteiger partial charge in [0.25, 0.3) is 0 Å². The molecule has 0 bridgehead atoms. The van der Waals surface area contributed by atoms with E-state index in [0.29, 0.717) is 12.0 Å². The monoisotopic (exact) mass is 274 g/mol. The first kappa shape index (κ1) is 15.5. The van der Waals surface area contributed by atoms with E-state index in [1.165, 1.54) is 44.3 Å². The Labute approximate surface area is 124 Å². The summed E-state index contributed by atoms with van der Waals surface area (Å²) in [5.41, 5.74) is 7.44. The molecule has 1 heterocycles. The molecular formula is C18H30N2. The summed E-state index contributed by atoms with van der Waals surface area (Å²) in [4.78, 5) is 2.63. The number of nitrogens with two attached hydrogens (primary N) is 1. The van der Waals surface area contributed by atoms with Crippen molar-refractivity contribution in [2.45, 2.75) is 51.5 Å². The third kappa shape index (κ3) is 4.07. The van der Waals surface area contributed by atoms with Crippen LogP contribution in [-0.4, -0.2) is 30.6 Å². The van der Waals surface area contributed by atoms with Crippen molar-refractivity contribution in [2.75, 3.05) is 19.6 Å². The molecule has 1 saturated heterocycles. The largest absolute Gasteiger partial charge is 0.329 e. The lowest BCUT2D eigenvalue weighted by molar-refractivity contribution is 0.111. The Hall–Kier alpha value is -0.860. The van der Waals surface area contributed by atoms with Gasteiger partial charge in [-0.15, -0.1) is 0 Å². The number of hydrogen-bond donors (Lipinski definition) is 1. The minimum Gasteiger partial charge on any atom is -0.329 e. The summed E-state index contributed by atoms with van der Waals surface area (Å²) in [5.74, 6) is 1.53. The van der Waals surface area contributed by atoms with Crippen LogP contribution in [0.2, 0.25) is 0 Å². The predicted octanol–water partition coefficient (Wildman–Crippen LogP) is 3.63. The van der Waals surface area contributed by atoms with Gasteiger partial charge in [-0.3, -0.25) is 4.90 Å². The molecule has 3 unspecified atom stereocenters. The van der Waals surface area contributed by atoms with E-state index in [2.05, 4.69) is 49.1 Å². The van der Waals surface area contributed by atoms with Crippen LogP contribution in [0.3, 0.4) is 0 Å². The maximum Gasteiger partial charge on any atom is 0.0221 e. The molecule has 1 aromatic carbocycles. The van der Waals surface area contributed by atoms with Crippen molar-refractivity contribution in [3.05, 3.63) is 35.9 Å². The summed E-state index contributed by atoms with van der Waals surface area (Å²) in [6.45, 7) is 7.89. The Morgan fingerprint density at radius 1 is 1.30 bits per heavy atom. The Morgan fingerprint density at radius 2 is 2.05 bits per heavy atom. The lowest BCUT2D eigenvalue weighted by Gasteiger charge is -2.39. The molecule has 1 aliphatic rings. The second-order valence-corrected chi connectivity index (χ2v) is 6.32. The van der Waals surface area contributed by atoms with E-state index >= 15 is 0 Å². The topological polar surface area (TPSA) is 29.3 Å². The molecule has 0 saturated carbocycles. The highest BCUT2D eigenvalue weighted by molar-refractivity contribution is 5.18. The fraction of sp³-hybridized carbons (Fsp3) is 0.667. The van der Waals surface area contributed by atoms with Crippen molar-refractivity contribution in [1.82, 2.24) is 4.90 Å². The molecule has 3 atom stereocenters. The van der Waals surface area contributed by atoms with Gasteiger partial charge in [-0.2, -0.15) is 0 Å². The van der Waals surface area contributed by atoms with E-state index < -0.39 is 0 Å². The highest BCUT2D eigenvalue weighted by Crippen LogP contribution is 2.26. The normalized spacial score (nSPS) is 25.6. The van der Waals surface area contributed by atoms with Gasteiger partial charge in [0, 0.05) is 12.6 Å². The molecule has 0 amide bonds. The van der Waals surface area contributed by atoms with Crippen LogP contribution in [0.4, 0.5) is 0 Å². The molecule has 2 rings (SSSR count). The average Bonchev–Trinajstić information content (AvgIpc) is 2.53. The number of rotatable bonds is 6. The first-order chi connectivity index (χ1) is 9.74. The van der Waals surface area contributed by atoms with Gasteiger partial charge in [-0.1, -0.05) is 50.6 Å². The second kappa shape index (κ2) is 7.80. The summed E-state index contributed by atoms with van der Waals surface area (Å²) in [5, 5.41) is 0. The van der Waals surface area contributed by atoms with Gasteiger partial charge in [0.1, 0.15) is 0 Å². The van der Waals surface area contributed by atoms with E-state index in [-0.39, 0.29) is 0 Å². The molecule has 2 nitrogen and oxygen atoms in total. The number of nitrogens with zero attached hydrogens (tertiary/aromatic N) is 1. The molecular weight excluding hydrogens is 244 g/mol. The van der Waals surface area contributed by atoms with Gasteiger partial charge in [0.05, 0.1) is 0 Å². The predicted molar refractivity (Wildman–Crippen MR) is 86.9 cm³/mol. The van der Waals surface area contributed by atoms with Crippen LogP contribution in [0.15, 0.2) is 30.3 Å². The molecule has 2 heteroatoms. The summed E-state index contributed by atoms with van der Waals surface area (Å²) < 4.78 is 0. The molecule has 0 aliphatic carbocycles. The van der Waals surface area contributed by atoms with E-state index in [1.54, 1.807) is 0 Å². The van der Waals surface area contributed by atoms with Crippen LogP contribution in [-0.2, 0) is 0 Å². The Kier molecular flexibility index (Phi) is 6.06. The van der Waals surface area contributed by atoms with Gasteiger partial charge in [-0.05, 0) is 49.8 Å². The van der Waals surface area contributed by atoms with E-state index in [1.807, 2.05) is 0 Å². The molecule has 1 aliphatic heterocycles. The number of piperidine rings is 1. The molecule has 1 fully saturated rings. The molecule has 0 aromatic heterocycles. The van der Waals surface area contributed by atoms with E-state index in [4.69, 9.17) is 5.73 Å². The van der Waals surface area contributed by atoms with Crippen molar-refractivity contribution in [1.29, 1.82) is 0 Å². The highest BCUT2D eigenvalue weighted by atomic mass is 15.2. The quantitative estimate of drug-likeness (QED) is 0.858. The second-order valence-electron chi connectivity index (χ2n) is 6.32. The van der Waals surface area contributed by atoms with Gasteiger partial charge in [-0.25, -0.2) is 0 Å². The number of hydrogen-bond acceptors (Lipinski definition) is 2. The summed E-state index contributed by atoms with van der Waals surface area (Å²) in [7, 11) is 0. The van der Waals surface area contributed by atoms with E-state index in [9.17, 15) is 0 Å². The maximum absolute atomic E-state index is 5.99. The molecule has 0 spiro atoms. The van der Waals surface area contributed by atoms with Crippen LogP contribution in [0.1, 0.15) is 51.0 Å². The van der Waals surface area contributed by atoms with Crippen LogP contribution in [0.25, 0.3) is 0 Å². The Balaban J connectivity index is 1.84.